The number of hydrogen-bond acceptors (Lipinski definition) is 3. The van der Waals surface area contributed by atoms with E-state index in [9.17, 15) is 9.59 Å². The Balaban J connectivity index is 1.83. The molecule has 2 amide bonds. The van der Waals surface area contributed by atoms with Gasteiger partial charge in [0, 0.05) is 19.5 Å². The molecule has 1 N–H and O–H groups in total. The summed E-state index contributed by atoms with van der Waals surface area (Å²) in [5, 5.41) is 6.79. The molecule has 0 radical (unpaired) electrons. The molecule has 0 spiro atoms. The van der Waals surface area contributed by atoms with Crippen molar-refractivity contribution >= 4 is 23.2 Å². The zero-order chi connectivity index (χ0) is 13.1. The fourth-order valence-electron chi connectivity index (χ4n) is 1.80. The van der Waals surface area contributed by atoms with E-state index in [1.54, 1.807) is 30.2 Å². The third-order valence-corrected chi connectivity index (χ3v) is 3.79. The van der Waals surface area contributed by atoms with Gasteiger partial charge in [-0.15, -0.1) is 0 Å². The van der Waals surface area contributed by atoms with Crippen LogP contribution in [-0.2, 0) is 16.1 Å². The fourth-order valence-corrected chi connectivity index (χ4v) is 2.46. The van der Waals surface area contributed by atoms with Crippen molar-refractivity contribution in [1.29, 1.82) is 0 Å². The second kappa shape index (κ2) is 5.52. The summed E-state index contributed by atoms with van der Waals surface area (Å²) in [6, 6.07) is 1.56. The molecule has 1 aromatic rings. The third-order valence-electron chi connectivity index (χ3n) is 3.05. The van der Waals surface area contributed by atoms with Crippen LogP contribution >= 0.6 is 11.3 Å². The van der Waals surface area contributed by atoms with Crippen molar-refractivity contribution < 1.29 is 9.59 Å². The SMILES string of the molecule is C[C@@H](NC(=O)C1CC1)C(=O)N(C)Cc1ccsc1. The van der Waals surface area contributed by atoms with Gasteiger partial charge in [0.25, 0.3) is 0 Å². The minimum Gasteiger partial charge on any atom is -0.344 e. The quantitative estimate of drug-likeness (QED) is 0.880. The fraction of sp³-hybridized carbons (Fsp3) is 0.538. The third kappa shape index (κ3) is 3.32. The molecule has 98 valence electrons. The zero-order valence-electron chi connectivity index (χ0n) is 10.7. The highest BCUT2D eigenvalue weighted by Gasteiger charge is 2.31. The molecule has 4 nitrogen and oxygen atoms in total. The number of nitrogens with one attached hydrogen (secondary N) is 1. The van der Waals surface area contributed by atoms with Crippen LogP contribution in [0.5, 0.6) is 0 Å². The molecule has 1 aliphatic carbocycles. The Bertz CT molecular complexity index is 426. The van der Waals surface area contributed by atoms with E-state index in [1.807, 2.05) is 16.8 Å². The maximum absolute atomic E-state index is 12.1. The van der Waals surface area contributed by atoms with Crippen LogP contribution in [0.2, 0.25) is 0 Å². The Morgan fingerprint density at radius 3 is 2.83 bits per heavy atom. The maximum atomic E-state index is 12.1. The highest BCUT2D eigenvalue weighted by molar-refractivity contribution is 7.07. The molecule has 1 aromatic heterocycles. The van der Waals surface area contributed by atoms with Crippen LogP contribution in [0.15, 0.2) is 16.8 Å². The van der Waals surface area contributed by atoms with Crippen LogP contribution in [0.1, 0.15) is 25.3 Å². The minimum absolute atomic E-state index is 0.0137. The Morgan fingerprint density at radius 2 is 2.28 bits per heavy atom. The van der Waals surface area contributed by atoms with E-state index in [0.29, 0.717) is 6.54 Å². The van der Waals surface area contributed by atoms with Gasteiger partial charge in [0.2, 0.25) is 11.8 Å². The van der Waals surface area contributed by atoms with Crippen LogP contribution in [0.25, 0.3) is 0 Å². The zero-order valence-corrected chi connectivity index (χ0v) is 11.5. The van der Waals surface area contributed by atoms with E-state index in [-0.39, 0.29) is 17.7 Å². The van der Waals surface area contributed by atoms with E-state index in [1.165, 1.54) is 0 Å². The van der Waals surface area contributed by atoms with Gasteiger partial charge in [-0.2, -0.15) is 11.3 Å². The summed E-state index contributed by atoms with van der Waals surface area (Å²) >= 11 is 1.62. The van der Waals surface area contributed by atoms with Crippen LogP contribution < -0.4 is 5.32 Å². The molecule has 0 aliphatic heterocycles. The summed E-state index contributed by atoms with van der Waals surface area (Å²) in [5.41, 5.74) is 1.12. The van der Waals surface area contributed by atoms with Crippen LogP contribution in [-0.4, -0.2) is 29.8 Å². The lowest BCUT2D eigenvalue weighted by Gasteiger charge is -2.21. The van der Waals surface area contributed by atoms with E-state index in [4.69, 9.17) is 0 Å². The second-order valence-electron chi connectivity index (χ2n) is 4.83. The first-order chi connectivity index (χ1) is 8.58. The Morgan fingerprint density at radius 1 is 1.56 bits per heavy atom. The van der Waals surface area contributed by atoms with Gasteiger partial charge in [-0.1, -0.05) is 0 Å². The maximum Gasteiger partial charge on any atom is 0.244 e. The standard InChI is InChI=1S/C13H18N2O2S/c1-9(14-12(16)11-3-4-11)13(17)15(2)7-10-5-6-18-8-10/h5-6,8-9,11H,3-4,7H2,1-2H3,(H,14,16)/t9-/m1/s1. The number of thiophene rings is 1. The summed E-state index contributed by atoms with van der Waals surface area (Å²) in [7, 11) is 1.76. The normalized spacial score (nSPS) is 16.1. The van der Waals surface area contributed by atoms with Crippen molar-refractivity contribution in [3.8, 4) is 0 Å². The van der Waals surface area contributed by atoms with Gasteiger partial charge in [-0.25, -0.2) is 0 Å². The Kier molecular flexibility index (Phi) is 4.01. The summed E-state index contributed by atoms with van der Waals surface area (Å²) in [4.78, 5) is 25.3. The number of likely N-dealkylation sites (N-methyl/N-ethyl adjacent to an activating group) is 1. The van der Waals surface area contributed by atoms with Gasteiger partial charge in [0.1, 0.15) is 6.04 Å². The Hall–Kier alpha value is -1.36. The lowest BCUT2D eigenvalue weighted by atomic mass is 10.2. The molecule has 0 saturated heterocycles. The number of nitrogens with zero attached hydrogens (tertiary/aromatic N) is 1. The number of carbonyl (C=O) groups is 2. The summed E-state index contributed by atoms with van der Waals surface area (Å²) in [5.74, 6) is 0.109. The summed E-state index contributed by atoms with van der Waals surface area (Å²) in [6.45, 7) is 2.33. The summed E-state index contributed by atoms with van der Waals surface area (Å²) in [6.07, 6.45) is 1.91. The Labute approximate surface area is 111 Å². The van der Waals surface area contributed by atoms with Gasteiger partial charge in [-0.05, 0) is 42.2 Å². The topological polar surface area (TPSA) is 49.4 Å². The lowest BCUT2D eigenvalue weighted by Crippen LogP contribution is -2.45. The predicted octanol–water partition coefficient (Wildman–Crippen LogP) is 1.62. The molecule has 1 aliphatic rings. The van der Waals surface area contributed by atoms with Crippen molar-refractivity contribution in [3.05, 3.63) is 22.4 Å². The minimum atomic E-state index is -0.443. The summed E-state index contributed by atoms with van der Waals surface area (Å²) < 4.78 is 0. The molecule has 0 bridgehead atoms. The van der Waals surface area contributed by atoms with Crippen LogP contribution in [0.4, 0.5) is 0 Å². The number of rotatable bonds is 5. The van der Waals surface area contributed by atoms with Gasteiger partial charge >= 0.3 is 0 Å². The highest BCUT2D eigenvalue weighted by atomic mass is 32.1. The van der Waals surface area contributed by atoms with E-state index in [0.717, 1.165) is 18.4 Å². The molecule has 18 heavy (non-hydrogen) atoms. The van der Waals surface area contributed by atoms with Crippen molar-refractivity contribution in [1.82, 2.24) is 10.2 Å². The molecule has 1 fully saturated rings. The smallest absolute Gasteiger partial charge is 0.244 e. The first-order valence-electron chi connectivity index (χ1n) is 6.14. The van der Waals surface area contributed by atoms with Gasteiger partial charge in [0.15, 0.2) is 0 Å². The predicted molar refractivity (Wildman–Crippen MR) is 71.1 cm³/mol. The highest BCUT2D eigenvalue weighted by Crippen LogP contribution is 2.28. The van der Waals surface area contributed by atoms with Crippen LogP contribution in [0, 0.1) is 5.92 Å². The average Bonchev–Trinajstić information content (AvgIpc) is 3.08. The first kappa shape index (κ1) is 13.1. The lowest BCUT2D eigenvalue weighted by molar-refractivity contribution is -0.135. The van der Waals surface area contributed by atoms with Crippen molar-refractivity contribution in [3.63, 3.8) is 0 Å². The molecule has 1 saturated carbocycles. The van der Waals surface area contributed by atoms with Gasteiger partial charge in [-0.3, -0.25) is 9.59 Å². The molecular formula is C13H18N2O2S. The van der Waals surface area contributed by atoms with Crippen molar-refractivity contribution in [2.75, 3.05) is 7.05 Å². The first-order valence-corrected chi connectivity index (χ1v) is 7.08. The molecule has 0 unspecified atom stereocenters. The number of carbonyl (C=O) groups excluding carboxylic acids is 2. The second-order valence-corrected chi connectivity index (χ2v) is 5.61. The van der Waals surface area contributed by atoms with Crippen molar-refractivity contribution in [2.45, 2.75) is 32.4 Å². The van der Waals surface area contributed by atoms with E-state index in [2.05, 4.69) is 5.32 Å². The van der Waals surface area contributed by atoms with E-state index >= 15 is 0 Å². The molecule has 0 aromatic carbocycles. The number of amides is 2. The molecule has 2 rings (SSSR count). The van der Waals surface area contributed by atoms with E-state index < -0.39 is 6.04 Å². The molecule has 1 heterocycles. The molecule has 1 atom stereocenters. The molecule has 5 heteroatoms. The van der Waals surface area contributed by atoms with Gasteiger partial charge < -0.3 is 10.2 Å². The van der Waals surface area contributed by atoms with Crippen molar-refractivity contribution in [2.24, 2.45) is 5.92 Å². The monoisotopic (exact) mass is 266 g/mol. The van der Waals surface area contributed by atoms with Crippen LogP contribution in [0.3, 0.4) is 0 Å². The largest absolute Gasteiger partial charge is 0.344 e. The van der Waals surface area contributed by atoms with Gasteiger partial charge in [0.05, 0.1) is 0 Å². The number of hydrogen-bond donors (Lipinski definition) is 1. The average molecular weight is 266 g/mol. The molecular weight excluding hydrogens is 248 g/mol.